The van der Waals surface area contributed by atoms with Crippen molar-refractivity contribution in [1.29, 1.82) is 0 Å². The Morgan fingerprint density at radius 2 is 1.39 bits per heavy atom. The Morgan fingerprint density at radius 3 is 1.94 bits per heavy atom. The van der Waals surface area contributed by atoms with E-state index in [1.165, 1.54) is 45.5 Å². The number of rotatable bonds is 5. The zero-order valence-corrected chi connectivity index (χ0v) is 20.4. The minimum atomic E-state index is -3.51. The number of carbonyl (C=O) groups excluding carboxylic acids is 1. The van der Waals surface area contributed by atoms with Gasteiger partial charge < -0.3 is 14.7 Å². The van der Waals surface area contributed by atoms with Gasteiger partial charge in [-0.15, -0.1) is 0 Å². The number of hydrogen-bond acceptors (Lipinski definition) is 7. The number of amides is 1. The number of benzene rings is 1. The van der Waals surface area contributed by atoms with Gasteiger partial charge in [-0.1, -0.05) is 0 Å². The number of piperazine rings is 1. The number of carbonyl (C=O) groups is 1. The van der Waals surface area contributed by atoms with Crippen LogP contribution in [0.1, 0.15) is 35.4 Å². The lowest BCUT2D eigenvalue weighted by atomic mass is 10.1. The molecule has 1 aromatic carbocycles. The molecule has 3 heterocycles. The summed E-state index contributed by atoms with van der Waals surface area (Å²) in [5, 5.41) is 0. The molecule has 0 saturated carbocycles. The molecule has 33 heavy (non-hydrogen) atoms. The lowest BCUT2D eigenvalue weighted by molar-refractivity contribution is 0.0746. The summed E-state index contributed by atoms with van der Waals surface area (Å²) in [5.41, 5.74) is 0.492. The minimum Gasteiger partial charge on any atom is -0.356 e. The number of aryl methyl sites for hydroxylation is 1. The van der Waals surface area contributed by atoms with Crippen LogP contribution < -0.4 is 9.80 Å². The standard InChI is InChI=1S/C23H32N6O3S/c1-18-24-21(27-11-5-4-6-12-27)17-22(25-18)28-13-15-29(16-14-28)23(30)19-7-9-20(10-8-19)33(31,32)26(2)3/h7-10,17H,4-6,11-16H2,1-3H3. The number of anilines is 2. The molecule has 10 heteroatoms. The van der Waals surface area contributed by atoms with Crippen LogP contribution in [0.25, 0.3) is 0 Å². The van der Waals surface area contributed by atoms with Crippen molar-refractivity contribution in [2.24, 2.45) is 0 Å². The molecule has 0 unspecified atom stereocenters. The molecule has 0 bridgehead atoms. The Bertz CT molecular complexity index is 1090. The van der Waals surface area contributed by atoms with Crippen LogP contribution in [0.4, 0.5) is 11.6 Å². The number of nitrogens with zero attached hydrogens (tertiary/aromatic N) is 6. The van der Waals surface area contributed by atoms with Gasteiger partial charge in [0.05, 0.1) is 4.90 Å². The molecule has 0 radical (unpaired) electrons. The maximum Gasteiger partial charge on any atom is 0.253 e. The number of aromatic nitrogens is 2. The van der Waals surface area contributed by atoms with Crippen molar-refractivity contribution >= 4 is 27.6 Å². The van der Waals surface area contributed by atoms with Crippen LogP contribution in [-0.4, -0.2) is 86.9 Å². The molecule has 2 aliphatic rings. The van der Waals surface area contributed by atoms with E-state index < -0.39 is 10.0 Å². The molecule has 1 amide bonds. The highest BCUT2D eigenvalue weighted by atomic mass is 32.2. The van der Waals surface area contributed by atoms with Crippen LogP contribution in [-0.2, 0) is 10.0 Å². The lowest BCUT2D eigenvalue weighted by Gasteiger charge is -2.36. The van der Waals surface area contributed by atoms with Crippen LogP contribution in [0.3, 0.4) is 0 Å². The Kier molecular flexibility index (Phi) is 6.85. The molecule has 9 nitrogen and oxygen atoms in total. The SMILES string of the molecule is Cc1nc(N2CCCCC2)cc(N2CCN(C(=O)c3ccc(S(=O)(=O)N(C)C)cc3)CC2)n1. The molecule has 1 aromatic heterocycles. The molecule has 0 spiro atoms. The fourth-order valence-electron chi connectivity index (χ4n) is 4.29. The summed E-state index contributed by atoms with van der Waals surface area (Å²) in [7, 11) is -0.534. The van der Waals surface area contributed by atoms with E-state index in [2.05, 4.69) is 25.8 Å². The summed E-state index contributed by atoms with van der Waals surface area (Å²) in [6, 6.07) is 8.22. The predicted octanol–water partition coefficient (Wildman–Crippen LogP) is 1.99. The summed E-state index contributed by atoms with van der Waals surface area (Å²) >= 11 is 0. The minimum absolute atomic E-state index is 0.0867. The quantitative estimate of drug-likeness (QED) is 0.657. The van der Waals surface area contributed by atoms with E-state index in [1.807, 2.05) is 11.8 Å². The second-order valence-corrected chi connectivity index (χ2v) is 10.9. The molecule has 2 aromatic rings. The van der Waals surface area contributed by atoms with Gasteiger partial charge in [-0.05, 0) is 50.5 Å². The van der Waals surface area contributed by atoms with Gasteiger partial charge in [0.2, 0.25) is 10.0 Å². The van der Waals surface area contributed by atoms with E-state index in [4.69, 9.17) is 0 Å². The highest BCUT2D eigenvalue weighted by molar-refractivity contribution is 7.89. The highest BCUT2D eigenvalue weighted by Gasteiger charge is 2.25. The van der Waals surface area contributed by atoms with Crippen LogP contribution in [0.15, 0.2) is 35.2 Å². The molecule has 178 valence electrons. The Hall–Kier alpha value is -2.72. The second-order valence-electron chi connectivity index (χ2n) is 8.77. The molecule has 0 aliphatic carbocycles. The Morgan fingerprint density at radius 1 is 0.848 bits per heavy atom. The van der Waals surface area contributed by atoms with E-state index in [-0.39, 0.29) is 10.8 Å². The smallest absolute Gasteiger partial charge is 0.253 e. The first-order valence-corrected chi connectivity index (χ1v) is 12.9. The molecule has 2 aliphatic heterocycles. The second kappa shape index (κ2) is 9.64. The third-order valence-electron chi connectivity index (χ3n) is 6.26. The van der Waals surface area contributed by atoms with Gasteiger partial charge in [0.25, 0.3) is 5.91 Å². The third kappa shape index (κ3) is 5.11. The number of hydrogen-bond donors (Lipinski definition) is 0. The normalized spacial score (nSPS) is 17.5. The van der Waals surface area contributed by atoms with E-state index in [0.717, 1.165) is 34.9 Å². The van der Waals surface area contributed by atoms with E-state index in [9.17, 15) is 13.2 Å². The van der Waals surface area contributed by atoms with Gasteiger partial charge in [-0.3, -0.25) is 4.79 Å². The topological polar surface area (TPSA) is 90.0 Å². The maximum atomic E-state index is 13.0. The first-order chi connectivity index (χ1) is 15.8. The van der Waals surface area contributed by atoms with Crippen LogP contribution in [0.2, 0.25) is 0 Å². The van der Waals surface area contributed by atoms with Gasteiger partial charge in [0, 0.05) is 65.0 Å². The van der Waals surface area contributed by atoms with Crippen molar-refractivity contribution in [2.75, 3.05) is 63.2 Å². The van der Waals surface area contributed by atoms with Gasteiger partial charge >= 0.3 is 0 Å². The Balaban J connectivity index is 1.41. The fourth-order valence-corrected chi connectivity index (χ4v) is 5.19. The molecular weight excluding hydrogens is 440 g/mol. The largest absolute Gasteiger partial charge is 0.356 e. The zero-order valence-electron chi connectivity index (χ0n) is 19.6. The average Bonchev–Trinajstić information content (AvgIpc) is 2.84. The molecule has 2 fully saturated rings. The van der Waals surface area contributed by atoms with Gasteiger partial charge in [-0.2, -0.15) is 0 Å². The summed E-state index contributed by atoms with van der Waals surface area (Å²) in [6.07, 6.45) is 3.67. The van der Waals surface area contributed by atoms with Crippen molar-refractivity contribution in [3.05, 3.63) is 41.7 Å². The van der Waals surface area contributed by atoms with Crippen LogP contribution in [0, 0.1) is 6.92 Å². The average molecular weight is 473 g/mol. The molecule has 0 atom stereocenters. The third-order valence-corrected chi connectivity index (χ3v) is 8.09. The van der Waals surface area contributed by atoms with E-state index in [1.54, 1.807) is 12.1 Å². The highest BCUT2D eigenvalue weighted by Crippen LogP contribution is 2.24. The van der Waals surface area contributed by atoms with Crippen molar-refractivity contribution in [2.45, 2.75) is 31.1 Å². The number of piperidine rings is 1. The van der Waals surface area contributed by atoms with Crippen molar-refractivity contribution in [1.82, 2.24) is 19.2 Å². The predicted molar refractivity (Wildman–Crippen MR) is 128 cm³/mol. The van der Waals surface area contributed by atoms with Gasteiger partial charge in [0.1, 0.15) is 17.5 Å². The zero-order chi connectivity index (χ0) is 23.6. The van der Waals surface area contributed by atoms with Gasteiger partial charge in [0.15, 0.2) is 0 Å². The summed E-state index contributed by atoms with van der Waals surface area (Å²) < 4.78 is 25.7. The van der Waals surface area contributed by atoms with E-state index in [0.29, 0.717) is 31.7 Å². The molecule has 4 rings (SSSR count). The maximum absolute atomic E-state index is 13.0. The summed E-state index contributed by atoms with van der Waals surface area (Å²) in [6.45, 7) is 6.54. The summed E-state index contributed by atoms with van der Waals surface area (Å²) in [4.78, 5) is 28.8. The first kappa shape index (κ1) is 23.4. The molecule has 2 saturated heterocycles. The summed E-state index contributed by atoms with van der Waals surface area (Å²) in [5.74, 6) is 2.58. The van der Waals surface area contributed by atoms with Crippen molar-refractivity contribution in [3.63, 3.8) is 0 Å². The van der Waals surface area contributed by atoms with Crippen LogP contribution >= 0.6 is 0 Å². The van der Waals surface area contributed by atoms with E-state index >= 15 is 0 Å². The van der Waals surface area contributed by atoms with Gasteiger partial charge in [-0.25, -0.2) is 22.7 Å². The Labute approximate surface area is 196 Å². The van der Waals surface area contributed by atoms with Crippen LogP contribution in [0.5, 0.6) is 0 Å². The first-order valence-electron chi connectivity index (χ1n) is 11.4. The fraction of sp³-hybridized carbons (Fsp3) is 0.522. The monoisotopic (exact) mass is 472 g/mol. The molecular formula is C23H32N6O3S. The van der Waals surface area contributed by atoms with Crippen molar-refractivity contribution < 1.29 is 13.2 Å². The number of sulfonamides is 1. The lowest BCUT2D eigenvalue weighted by Crippen LogP contribution is -2.49. The molecule has 0 N–H and O–H groups in total. The van der Waals surface area contributed by atoms with Crippen molar-refractivity contribution in [3.8, 4) is 0 Å².